The Morgan fingerprint density at radius 1 is 1.22 bits per heavy atom. The van der Waals surface area contributed by atoms with Gasteiger partial charge in [-0.25, -0.2) is 9.37 Å². The Balaban J connectivity index is 2.54. The second-order valence-electron chi connectivity index (χ2n) is 3.49. The highest BCUT2D eigenvalue weighted by Gasteiger charge is 2.34. The van der Waals surface area contributed by atoms with Crippen molar-refractivity contribution in [3.8, 4) is 11.1 Å². The molecule has 2 aromatic rings. The Kier molecular flexibility index (Phi) is 2.90. The molecule has 3 nitrogen and oxygen atoms in total. The molecule has 2 rings (SSSR count). The summed E-state index contributed by atoms with van der Waals surface area (Å²) in [6.07, 6.45) is -2.48. The van der Waals surface area contributed by atoms with Gasteiger partial charge in [0, 0.05) is 6.20 Å². The van der Waals surface area contributed by atoms with E-state index < -0.39 is 23.1 Å². The molecule has 0 spiro atoms. The number of benzene rings is 1. The molecule has 0 aliphatic heterocycles. The van der Waals surface area contributed by atoms with Crippen LogP contribution in [0.1, 0.15) is 5.56 Å². The molecule has 0 fully saturated rings. The molecule has 0 amide bonds. The zero-order valence-electron chi connectivity index (χ0n) is 8.75. The van der Waals surface area contributed by atoms with Crippen LogP contribution < -0.4 is 5.56 Å². The van der Waals surface area contributed by atoms with E-state index in [-0.39, 0.29) is 11.1 Å². The lowest BCUT2D eigenvalue weighted by atomic mass is 10.1. The summed E-state index contributed by atoms with van der Waals surface area (Å²) in [6.45, 7) is 0. The van der Waals surface area contributed by atoms with E-state index in [0.29, 0.717) is 12.1 Å². The third-order valence-corrected chi connectivity index (χ3v) is 2.30. The lowest BCUT2D eigenvalue weighted by Gasteiger charge is -2.08. The number of nitrogens with one attached hydrogen (secondary N) is 1. The molecule has 1 aromatic carbocycles. The summed E-state index contributed by atoms with van der Waals surface area (Å²) in [6, 6.07) is 2.28. The first-order chi connectivity index (χ1) is 8.39. The van der Waals surface area contributed by atoms with Crippen LogP contribution in [-0.2, 0) is 6.18 Å². The van der Waals surface area contributed by atoms with Crippen molar-refractivity contribution in [1.29, 1.82) is 0 Å². The number of alkyl halides is 3. The first kappa shape index (κ1) is 12.3. The van der Waals surface area contributed by atoms with Crippen molar-refractivity contribution >= 4 is 0 Å². The van der Waals surface area contributed by atoms with Crippen LogP contribution in [0.4, 0.5) is 17.6 Å². The maximum Gasteiger partial charge on any atom is 0.419 e. The van der Waals surface area contributed by atoms with Crippen LogP contribution in [0.25, 0.3) is 11.1 Å². The molecular weight excluding hydrogens is 252 g/mol. The standard InChI is InChI=1S/C11H6F4N2O/c12-9-3-6(1-2-8(9)11(13,14)15)7-4-16-5-17-10(7)18/h1-5H,(H,16,17,18). The molecule has 18 heavy (non-hydrogen) atoms. The van der Waals surface area contributed by atoms with Crippen molar-refractivity contribution in [2.24, 2.45) is 0 Å². The zero-order valence-corrected chi connectivity index (χ0v) is 8.75. The van der Waals surface area contributed by atoms with E-state index in [1.54, 1.807) is 0 Å². The zero-order chi connectivity index (χ0) is 13.3. The predicted octanol–water partition coefficient (Wildman–Crippen LogP) is 2.59. The Morgan fingerprint density at radius 3 is 2.50 bits per heavy atom. The predicted molar refractivity (Wildman–Crippen MR) is 55.3 cm³/mol. The molecule has 1 N–H and O–H groups in total. The van der Waals surface area contributed by atoms with E-state index in [9.17, 15) is 22.4 Å². The van der Waals surface area contributed by atoms with Gasteiger partial charge in [-0.1, -0.05) is 6.07 Å². The lowest BCUT2D eigenvalue weighted by molar-refractivity contribution is -0.139. The van der Waals surface area contributed by atoms with E-state index in [1.165, 1.54) is 0 Å². The fourth-order valence-corrected chi connectivity index (χ4v) is 1.46. The largest absolute Gasteiger partial charge is 0.419 e. The van der Waals surface area contributed by atoms with E-state index in [0.717, 1.165) is 18.6 Å². The molecule has 94 valence electrons. The Morgan fingerprint density at radius 2 is 1.94 bits per heavy atom. The van der Waals surface area contributed by atoms with Crippen LogP contribution in [0.15, 0.2) is 35.5 Å². The average molecular weight is 258 g/mol. The molecule has 0 unspecified atom stereocenters. The molecule has 0 aliphatic rings. The summed E-state index contributed by atoms with van der Waals surface area (Å²) in [5.41, 5.74) is -1.88. The number of aromatic amines is 1. The molecule has 1 heterocycles. The molecule has 0 bridgehead atoms. The van der Waals surface area contributed by atoms with E-state index >= 15 is 0 Å². The number of hydrogen-bond donors (Lipinski definition) is 1. The molecule has 0 atom stereocenters. The molecule has 7 heteroatoms. The van der Waals surface area contributed by atoms with Crippen molar-refractivity contribution < 1.29 is 17.6 Å². The summed E-state index contributed by atoms with van der Waals surface area (Å²) < 4.78 is 50.3. The lowest BCUT2D eigenvalue weighted by Crippen LogP contribution is -2.10. The normalized spacial score (nSPS) is 11.6. The van der Waals surface area contributed by atoms with Gasteiger partial charge in [-0.15, -0.1) is 0 Å². The van der Waals surface area contributed by atoms with Gasteiger partial charge in [0.1, 0.15) is 5.82 Å². The Bertz CT molecular complexity index is 633. The summed E-state index contributed by atoms with van der Waals surface area (Å²) >= 11 is 0. The van der Waals surface area contributed by atoms with Gasteiger partial charge in [0.2, 0.25) is 0 Å². The molecule has 0 saturated carbocycles. The fourth-order valence-electron chi connectivity index (χ4n) is 1.46. The van der Waals surface area contributed by atoms with Crippen LogP contribution in [0.5, 0.6) is 0 Å². The van der Waals surface area contributed by atoms with Gasteiger partial charge in [0.25, 0.3) is 5.56 Å². The third kappa shape index (κ3) is 2.24. The third-order valence-electron chi connectivity index (χ3n) is 2.30. The number of aromatic nitrogens is 2. The first-order valence-corrected chi connectivity index (χ1v) is 4.79. The maximum absolute atomic E-state index is 13.3. The summed E-state index contributed by atoms with van der Waals surface area (Å²) in [5.74, 6) is -1.43. The van der Waals surface area contributed by atoms with Gasteiger partial charge < -0.3 is 4.98 Å². The first-order valence-electron chi connectivity index (χ1n) is 4.79. The van der Waals surface area contributed by atoms with Crippen LogP contribution in [-0.4, -0.2) is 9.97 Å². The summed E-state index contributed by atoms with van der Waals surface area (Å²) in [5, 5.41) is 0. The smallest absolute Gasteiger partial charge is 0.313 e. The second kappa shape index (κ2) is 4.25. The van der Waals surface area contributed by atoms with Gasteiger partial charge in [0.05, 0.1) is 17.5 Å². The summed E-state index contributed by atoms with van der Waals surface area (Å²) in [7, 11) is 0. The van der Waals surface area contributed by atoms with Crippen LogP contribution in [0.2, 0.25) is 0 Å². The number of H-pyrrole nitrogens is 1. The second-order valence-corrected chi connectivity index (χ2v) is 3.49. The highest BCUT2D eigenvalue weighted by atomic mass is 19.4. The Labute approximate surface area is 98.1 Å². The van der Waals surface area contributed by atoms with Crippen molar-refractivity contribution in [2.75, 3.05) is 0 Å². The minimum atomic E-state index is -4.76. The van der Waals surface area contributed by atoms with Crippen molar-refractivity contribution in [3.63, 3.8) is 0 Å². The molecule has 0 radical (unpaired) electrons. The molecular formula is C11H6F4N2O. The molecule has 1 aromatic heterocycles. The number of halogens is 4. The van der Waals surface area contributed by atoms with E-state index in [1.807, 2.05) is 0 Å². The number of rotatable bonds is 1. The Hall–Kier alpha value is -2.18. The number of hydrogen-bond acceptors (Lipinski definition) is 2. The monoisotopic (exact) mass is 258 g/mol. The maximum atomic E-state index is 13.3. The van der Waals surface area contributed by atoms with Crippen molar-refractivity contribution in [1.82, 2.24) is 9.97 Å². The topological polar surface area (TPSA) is 45.8 Å². The highest BCUT2D eigenvalue weighted by Crippen LogP contribution is 2.32. The SMILES string of the molecule is O=c1[nH]cncc1-c1ccc(C(F)(F)F)c(F)c1. The molecule has 0 aliphatic carbocycles. The molecule has 0 saturated heterocycles. The highest BCUT2D eigenvalue weighted by molar-refractivity contribution is 5.61. The van der Waals surface area contributed by atoms with Crippen molar-refractivity contribution in [3.05, 3.63) is 52.5 Å². The minimum Gasteiger partial charge on any atom is -0.313 e. The minimum absolute atomic E-state index is 0.00474. The van der Waals surface area contributed by atoms with Gasteiger partial charge >= 0.3 is 6.18 Å². The van der Waals surface area contributed by atoms with Gasteiger partial charge in [0.15, 0.2) is 0 Å². The van der Waals surface area contributed by atoms with Gasteiger partial charge in [-0.3, -0.25) is 4.79 Å². The van der Waals surface area contributed by atoms with Crippen LogP contribution >= 0.6 is 0 Å². The number of nitrogens with zero attached hydrogens (tertiary/aromatic N) is 1. The summed E-state index contributed by atoms with van der Waals surface area (Å²) in [4.78, 5) is 17.2. The fraction of sp³-hybridized carbons (Fsp3) is 0.0909. The average Bonchev–Trinajstić information content (AvgIpc) is 2.27. The van der Waals surface area contributed by atoms with E-state index in [4.69, 9.17) is 0 Å². The van der Waals surface area contributed by atoms with Crippen LogP contribution in [0.3, 0.4) is 0 Å². The van der Waals surface area contributed by atoms with E-state index in [2.05, 4.69) is 9.97 Å². The van der Waals surface area contributed by atoms with Gasteiger partial charge in [-0.2, -0.15) is 13.2 Å². The quantitative estimate of drug-likeness (QED) is 0.799. The van der Waals surface area contributed by atoms with Gasteiger partial charge in [-0.05, 0) is 17.7 Å². The van der Waals surface area contributed by atoms with Crippen LogP contribution in [0, 0.1) is 5.82 Å². The van der Waals surface area contributed by atoms with Crippen molar-refractivity contribution in [2.45, 2.75) is 6.18 Å².